The molecular formula is C9H21N3. The summed E-state index contributed by atoms with van der Waals surface area (Å²) < 4.78 is 0. The van der Waals surface area contributed by atoms with Gasteiger partial charge in [0.05, 0.1) is 6.17 Å². The predicted molar refractivity (Wildman–Crippen MR) is 51.9 cm³/mol. The Hall–Kier alpha value is -0.120. The van der Waals surface area contributed by atoms with Crippen LogP contribution in [-0.2, 0) is 0 Å². The maximum Gasteiger partial charge on any atom is 0.0705 e. The quantitative estimate of drug-likeness (QED) is 0.630. The highest BCUT2D eigenvalue weighted by Gasteiger charge is 2.30. The number of hydrogen-bond acceptors (Lipinski definition) is 3. The molecule has 0 aromatic heterocycles. The summed E-state index contributed by atoms with van der Waals surface area (Å²) in [5.41, 5.74) is 6.26. The van der Waals surface area contributed by atoms with Gasteiger partial charge in [-0.25, -0.2) is 0 Å². The SMILES string of the molecule is CCC(C)(C)N1CCNCC1N. The molecule has 0 aliphatic carbocycles. The van der Waals surface area contributed by atoms with Gasteiger partial charge in [0.1, 0.15) is 0 Å². The first kappa shape index (κ1) is 9.96. The molecular weight excluding hydrogens is 150 g/mol. The van der Waals surface area contributed by atoms with Crippen LogP contribution in [0.5, 0.6) is 0 Å². The smallest absolute Gasteiger partial charge is 0.0705 e. The lowest BCUT2D eigenvalue weighted by Gasteiger charge is -2.44. The lowest BCUT2D eigenvalue weighted by atomic mass is 9.97. The Morgan fingerprint density at radius 1 is 1.58 bits per heavy atom. The third kappa shape index (κ3) is 1.97. The highest BCUT2D eigenvalue weighted by atomic mass is 15.3. The largest absolute Gasteiger partial charge is 0.315 e. The van der Waals surface area contributed by atoms with E-state index in [4.69, 9.17) is 5.73 Å². The lowest BCUT2D eigenvalue weighted by Crippen LogP contribution is -2.62. The molecule has 0 aromatic carbocycles. The van der Waals surface area contributed by atoms with Gasteiger partial charge in [0.15, 0.2) is 0 Å². The van der Waals surface area contributed by atoms with E-state index in [9.17, 15) is 0 Å². The summed E-state index contributed by atoms with van der Waals surface area (Å²) in [6.07, 6.45) is 1.34. The van der Waals surface area contributed by atoms with Crippen molar-refractivity contribution in [1.29, 1.82) is 0 Å². The lowest BCUT2D eigenvalue weighted by molar-refractivity contribution is 0.0492. The van der Waals surface area contributed by atoms with Gasteiger partial charge in [-0.2, -0.15) is 0 Å². The zero-order valence-electron chi connectivity index (χ0n) is 8.43. The van der Waals surface area contributed by atoms with Crippen molar-refractivity contribution in [2.24, 2.45) is 5.73 Å². The molecule has 1 fully saturated rings. The predicted octanol–water partition coefficient (Wildman–Crippen LogP) is 0.365. The number of nitrogens with two attached hydrogens (primary N) is 1. The summed E-state index contributed by atoms with van der Waals surface area (Å²) in [5.74, 6) is 0. The van der Waals surface area contributed by atoms with Gasteiger partial charge in [0.25, 0.3) is 0 Å². The van der Waals surface area contributed by atoms with Crippen molar-refractivity contribution in [1.82, 2.24) is 10.2 Å². The topological polar surface area (TPSA) is 41.3 Å². The number of nitrogens with zero attached hydrogens (tertiary/aromatic N) is 1. The van der Waals surface area contributed by atoms with Crippen LogP contribution in [0, 0.1) is 0 Å². The van der Waals surface area contributed by atoms with Gasteiger partial charge in [0.2, 0.25) is 0 Å². The summed E-state index contributed by atoms with van der Waals surface area (Å²) in [5, 5.41) is 3.29. The van der Waals surface area contributed by atoms with E-state index in [1.165, 1.54) is 0 Å². The van der Waals surface area contributed by atoms with Crippen molar-refractivity contribution in [3.63, 3.8) is 0 Å². The van der Waals surface area contributed by atoms with E-state index in [1.807, 2.05) is 0 Å². The second-order valence-electron chi connectivity index (χ2n) is 4.13. The van der Waals surface area contributed by atoms with Gasteiger partial charge in [0, 0.05) is 25.2 Å². The molecule has 1 aliphatic rings. The number of nitrogens with one attached hydrogen (secondary N) is 1. The average molecular weight is 171 g/mol. The molecule has 0 amide bonds. The van der Waals surface area contributed by atoms with E-state index < -0.39 is 0 Å². The van der Waals surface area contributed by atoms with Crippen LogP contribution >= 0.6 is 0 Å². The fraction of sp³-hybridized carbons (Fsp3) is 1.00. The molecule has 3 N–H and O–H groups in total. The van der Waals surface area contributed by atoms with E-state index in [-0.39, 0.29) is 11.7 Å². The molecule has 0 spiro atoms. The Bertz CT molecular complexity index is 145. The van der Waals surface area contributed by atoms with Crippen LogP contribution in [-0.4, -0.2) is 36.2 Å². The molecule has 0 aromatic rings. The highest BCUT2D eigenvalue weighted by molar-refractivity contribution is 4.87. The molecule has 1 aliphatic heterocycles. The van der Waals surface area contributed by atoms with Crippen molar-refractivity contribution < 1.29 is 0 Å². The molecule has 0 bridgehead atoms. The van der Waals surface area contributed by atoms with Crippen LogP contribution in [0.1, 0.15) is 27.2 Å². The Labute approximate surface area is 75.3 Å². The molecule has 12 heavy (non-hydrogen) atoms. The normalized spacial score (nSPS) is 27.5. The minimum atomic E-state index is 0.189. The van der Waals surface area contributed by atoms with Gasteiger partial charge in [-0.1, -0.05) is 6.92 Å². The molecule has 1 unspecified atom stereocenters. The summed E-state index contributed by atoms with van der Waals surface area (Å²) in [6.45, 7) is 9.80. The molecule has 1 rings (SSSR count). The van der Waals surface area contributed by atoms with Crippen molar-refractivity contribution >= 4 is 0 Å². The van der Waals surface area contributed by atoms with Crippen molar-refractivity contribution in [3.8, 4) is 0 Å². The van der Waals surface area contributed by atoms with Gasteiger partial charge >= 0.3 is 0 Å². The van der Waals surface area contributed by atoms with E-state index in [0.717, 1.165) is 26.1 Å². The zero-order chi connectivity index (χ0) is 9.19. The van der Waals surface area contributed by atoms with Crippen LogP contribution in [0.3, 0.4) is 0 Å². The summed E-state index contributed by atoms with van der Waals surface area (Å²) in [6, 6.07) is 0. The van der Waals surface area contributed by atoms with E-state index >= 15 is 0 Å². The average Bonchev–Trinajstić information content (AvgIpc) is 2.05. The molecule has 0 saturated carbocycles. The highest BCUT2D eigenvalue weighted by Crippen LogP contribution is 2.20. The van der Waals surface area contributed by atoms with Crippen LogP contribution in [0.25, 0.3) is 0 Å². The van der Waals surface area contributed by atoms with Gasteiger partial charge in [-0.3, -0.25) is 4.90 Å². The summed E-state index contributed by atoms with van der Waals surface area (Å²) in [7, 11) is 0. The molecule has 1 atom stereocenters. The second-order valence-corrected chi connectivity index (χ2v) is 4.13. The summed E-state index contributed by atoms with van der Waals surface area (Å²) in [4.78, 5) is 2.39. The van der Waals surface area contributed by atoms with Gasteiger partial charge in [-0.15, -0.1) is 0 Å². The van der Waals surface area contributed by atoms with Crippen molar-refractivity contribution in [3.05, 3.63) is 0 Å². The standard InChI is InChI=1S/C9H21N3/c1-4-9(2,3)12-6-5-11-7-8(12)10/h8,11H,4-7,10H2,1-3H3. The Balaban J connectivity index is 2.58. The second kappa shape index (κ2) is 3.73. The fourth-order valence-corrected chi connectivity index (χ4v) is 1.68. The number of hydrogen-bond donors (Lipinski definition) is 2. The van der Waals surface area contributed by atoms with Gasteiger partial charge < -0.3 is 11.1 Å². The molecule has 1 saturated heterocycles. The Morgan fingerprint density at radius 3 is 2.75 bits per heavy atom. The fourth-order valence-electron chi connectivity index (χ4n) is 1.68. The Kier molecular flexibility index (Phi) is 3.09. The maximum absolute atomic E-state index is 6.00. The maximum atomic E-state index is 6.00. The number of piperazine rings is 1. The van der Waals surface area contributed by atoms with Crippen LogP contribution < -0.4 is 11.1 Å². The first-order valence-electron chi connectivity index (χ1n) is 4.81. The molecule has 1 heterocycles. The first-order valence-corrected chi connectivity index (χ1v) is 4.81. The monoisotopic (exact) mass is 171 g/mol. The molecule has 0 radical (unpaired) electrons. The minimum absolute atomic E-state index is 0.189. The van der Waals surface area contributed by atoms with Gasteiger partial charge in [-0.05, 0) is 20.3 Å². The molecule has 72 valence electrons. The third-order valence-corrected chi connectivity index (χ3v) is 2.93. The van der Waals surface area contributed by atoms with E-state index in [2.05, 4.69) is 31.0 Å². The summed E-state index contributed by atoms with van der Waals surface area (Å²) >= 11 is 0. The van der Waals surface area contributed by atoms with Crippen LogP contribution in [0.15, 0.2) is 0 Å². The first-order chi connectivity index (χ1) is 5.58. The third-order valence-electron chi connectivity index (χ3n) is 2.93. The van der Waals surface area contributed by atoms with E-state index in [0.29, 0.717) is 0 Å². The zero-order valence-corrected chi connectivity index (χ0v) is 8.43. The number of rotatable bonds is 2. The minimum Gasteiger partial charge on any atom is -0.315 e. The Morgan fingerprint density at radius 2 is 2.25 bits per heavy atom. The van der Waals surface area contributed by atoms with Crippen LogP contribution in [0.2, 0.25) is 0 Å². The van der Waals surface area contributed by atoms with Crippen LogP contribution in [0.4, 0.5) is 0 Å². The van der Waals surface area contributed by atoms with E-state index in [1.54, 1.807) is 0 Å². The van der Waals surface area contributed by atoms with Crippen molar-refractivity contribution in [2.45, 2.75) is 38.9 Å². The molecule has 3 nitrogen and oxygen atoms in total. The molecule has 3 heteroatoms. The van der Waals surface area contributed by atoms with Crippen molar-refractivity contribution in [2.75, 3.05) is 19.6 Å².